The number of aromatic nitrogens is 2. The second kappa shape index (κ2) is 5.96. The monoisotopic (exact) mass is 274 g/mol. The number of nitrogens with zero attached hydrogens (tertiary/aromatic N) is 3. The van der Waals surface area contributed by atoms with E-state index in [4.69, 9.17) is 4.74 Å². The van der Waals surface area contributed by atoms with E-state index in [2.05, 4.69) is 15.3 Å². The van der Waals surface area contributed by atoms with E-state index in [9.17, 15) is 10.1 Å². The van der Waals surface area contributed by atoms with Crippen LogP contribution in [0.25, 0.3) is 0 Å². The minimum Gasteiger partial charge on any atom is -0.480 e. The lowest BCUT2D eigenvalue weighted by molar-refractivity contribution is -0.386. The van der Waals surface area contributed by atoms with E-state index in [0.29, 0.717) is 11.5 Å². The van der Waals surface area contributed by atoms with Crippen molar-refractivity contribution in [2.75, 3.05) is 12.4 Å². The molecule has 1 N–H and O–H groups in total. The SMILES string of the molecule is CNc1cnc(COc2ccc(C)cc2[N+](=O)[O-])cn1. The maximum atomic E-state index is 11.0. The van der Waals surface area contributed by atoms with Gasteiger partial charge in [0.25, 0.3) is 0 Å². The number of aryl methyl sites for hydroxylation is 1. The summed E-state index contributed by atoms with van der Waals surface area (Å²) >= 11 is 0. The van der Waals surface area contributed by atoms with Crippen molar-refractivity contribution >= 4 is 11.5 Å². The van der Waals surface area contributed by atoms with Crippen LogP contribution in [0.1, 0.15) is 11.3 Å². The standard InChI is InChI=1S/C13H14N4O3/c1-9-3-4-12(11(5-9)17(18)19)20-8-10-6-16-13(14-2)7-15-10/h3-7H,8H2,1-2H3,(H,14,16). The fourth-order valence-electron chi connectivity index (χ4n) is 1.60. The van der Waals surface area contributed by atoms with E-state index in [-0.39, 0.29) is 18.0 Å². The molecule has 20 heavy (non-hydrogen) atoms. The highest BCUT2D eigenvalue weighted by Gasteiger charge is 2.15. The van der Waals surface area contributed by atoms with E-state index in [1.807, 2.05) is 0 Å². The number of hydrogen-bond acceptors (Lipinski definition) is 6. The number of benzene rings is 1. The predicted octanol–water partition coefficient (Wildman–Crippen LogP) is 2.31. The molecule has 2 rings (SSSR count). The lowest BCUT2D eigenvalue weighted by Crippen LogP contribution is -2.02. The van der Waals surface area contributed by atoms with Crippen molar-refractivity contribution < 1.29 is 9.66 Å². The minimum atomic E-state index is -0.460. The Hall–Kier alpha value is -2.70. The number of hydrogen-bond donors (Lipinski definition) is 1. The van der Waals surface area contributed by atoms with Crippen LogP contribution in [0.15, 0.2) is 30.6 Å². The first-order valence-corrected chi connectivity index (χ1v) is 5.96. The first-order chi connectivity index (χ1) is 9.60. The first kappa shape index (κ1) is 13.7. The van der Waals surface area contributed by atoms with Gasteiger partial charge in [-0.25, -0.2) is 4.98 Å². The molecular weight excluding hydrogens is 260 g/mol. The quantitative estimate of drug-likeness (QED) is 0.664. The largest absolute Gasteiger partial charge is 0.480 e. The van der Waals surface area contributed by atoms with Crippen molar-refractivity contribution in [3.63, 3.8) is 0 Å². The number of rotatable bonds is 5. The zero-order valence-electron chi connectivity index (χ0n) is 11.2. The highest BCUT2D eigenvalue weighted by Crippen LogP contribution is 2.28. The van der Waals surface area contributed by atoms with Crippen molar-refractivity contribution in [2.24, 2.45) is 0 Å². The summed E-state index contributed by atoms with van der Waals surface area (Å²) in [5.41, 5.74) is 1.35. The van der Waals surface area contributed by atoms with Gasteiger partial charge in [0.05, 0.1) is 23.0 Å². The summed E-state index contributed by atoms with van der Waals surface area (Å²) in [6.45, 7) is 1.92. The Labute approximate surface area is 115 Å². The average molecular weight is 274 g/mol. The predicted molar refractivity (Wildman–Crippen MR) is 73.7 cm³/mol. The number of ether oxygens (including phenoxy) is 1. The Morgan fingerprint density at radius 2 is 2.15 bits per heavy atom. The van der Waals surface area contributed by atoms with E-state index < -0.39 is 4.92 Å². The third-order valence-electron chi connectivity index (χ3n) is 2.65. The third kappa shape index (κ3) is 3.19. The Bertz CT molecular complexity index is 614. The molecular formula is C13H14N4O3. The van der Waals surface area contributed by atoms with E-state index >= 15 is 0 Å². The summed E-state index contributed by atoms with van der Waals surface area (Å²) in [4.78, 5) is 18.7. The van der Waals surface area contributed by atoms with Crippen LogP contribution >= 0.6 is 0 Å². The Kier molecular flexibility index (Phi) is 4.09. The molecule has 104 valence electrons. The van der Waals surface area contributed by atoms with E-state index in [1.54, 1.807) is 38.5 Å². The van der Waals surface area contributed by atoms with Gasteiger partial charge < -0.3 is 10.1 Å². The van der Waals surface area contributed by atoms with Crippen molar-refractivity contribution in [1.29, 1.82) is 0 Å². The van der Waals surface area contributed by atoms with E-state index in [0.717, 1.165) is 5.56 Å². The van der Waals surface area contributed by atoms with Crippen molar-refractivity contribution in [2.45, 2.75) is 13.5 Å². The number of nitrogens with one attached hydrogen (secondary N) is 1. The van der Waals surface area contributed by atoms with Gasteiger partial charge in [-0.3, -0.25) is 15.1 Å². The molecule has 1 heterocycles. The fraction of sp³-hybridized carbons (Fsp3) is 0.231. The second-order valence-corrected chi connectivity index (χ2v) is 4.16. The summed E-state index contributed by atoms with van der Waals surface area (Å²) in [6, 6.07) is 4.83. The first-order valence-electron chi connectivity index (χ1n) is 5.96. The maximum Gasteiger partial charge on any atom is 0.311 e. The highest BCUT2D eigenvalue weighted by atomic mass is 16.6. The smallest absolute Gasteiger partial charge is 0.311 e. The van der Waals surface area contributed by atoms with Gasteiger partial charge in [-0.2, -0.15) is 0 Å². The summed E-state index contributed by atoms with van der Waals surface area (Å²) in [5.74, 6) is 0.871. The summed E-state index contributed by atoms with van der Waals surface area (Å²) in [5, 5.41) is 13.8. The van der Waals surface area contributed by atoms with Gasteiger partial charge in [0.2, 0.25) is 0 Å². The number of anilines is 1. The van der Waals surface area contributed by atoms with Gasteiger partial charge in [0, 0.05) is 13.1 Å². The molecule has 1 aromatic carbocycles. The van der Waals surface area contributed by atoms with Gasteiger partial charge in [-0.15, -0.1) is 0 Å². The van der Waals surface area contributed by atoms with Crippen LogP contribution in [-0.2, 0) is 6.61 Å². The molecule has 0 atom stereocenters. The second-order valence-electron chi connectivity index (χ2n) is 4.16. The van der Waals surface area contributed by atoms with Crippen molar-refractivity contribution in [3.05, 3.63) is 52.0 Å². The molecule has 1 aromatic heterocycles. The molecule has 0 saturated heterocycles. The van der Waals surface area contributed by atoms with Crippen LogP contribution in [0.4, 0.5) is 11.5 Å². The van der Waals surface area contributed by atoms with Crippen molar-refractivity contribution in [3.8, 4) is 5.75 Å². The van der Waals surface area contributed by atoms with Crippen LogP contribution < -0.4 is 10.1 Å². The molecule has 0 aliphatic heterocycles. The third-order valence-corrected chi connectivity index (χ3v) is 2.65. The fourth-order valence-corrected chi connectivity index (χ4v) is 1.60. The summed E-state index contributed by atoms with van der Waals surface area (Å²) < 4.78 is 5.45. The van der Waals surface area contributed by atoms with Crippen LogP contribution in [0, 0.1) is 17.0 Å². The lowest BCUT2D eigenvalue weighted by Gasteiger charge is -2.07. The molecule has 0 spiro atoms. The van der Waals surface area contributed by atoms with Gasteiger partial charge in [-0.1, -0.05) is 6.07 Å². The molecule has 0 amide bonds. The van der Waals surface area contributed by atoms with Gasteiger partial charge in [0.1, 0.15) is 12.4 Å². The Morgan fingerprint density at radius 3 is 2.75 bits per heavy atom. The normalized spacial score (nSPS) is 10.1. The van der Waals surface area contributed by atoms with Gasteiger partial charge in [0.15, 0.2) is 5.75 Å². The van der Waals surface area contributed by atoms with Crippen LogP contribution in [-0.4, -0.2) is 21.9 Å². The summed E-state index contributed by atoms with van der Waals surface area (Å²) in [7, 11) is 1.75. The Balaban J connectivity index is 2.12. The van der Waals surface area contributed by atoms with Crippen LogP contribution in [0.2, 0.25) is 0 Å². The Morgan fingerprint density at radius 1 is 1.35 bits per heavy atom. The van der Waals surface area contributed by atoms with Gasteiger partial charge in [-0.05, 0) is 18.6 Å². The average Bonchev–Trinajstić information content (AvgIpc) is 2.46. The van der Waals surface area contributed by atoms with Crippen LogP contribution in [0.5, 0.6) is 5.75 Å². The molecule has 0 aliphatic carbocycles. The van der Waals surface area contributed by atoms with Crippen LogP contribution in [0.3, 0.4) is 0 Å². The topological polar surface area (TPSA) is 90.2 Å². The molecule has 0 fully saturated rings. The number of nitro groups is 1. The molecule has 0 bridgehead atoms. The molecule has 0 unspecified atom stereocenters. The van der Waals surface area contributed by atoms with Crippen molar-refractivity contribution in [1.82, 2.24) is 9.97 Å². The van der Waals surface area contributed by atoms with E-state index in [1.165, 1.54) is 6.07 Å². The lowest BCUT2D eigenvalue weighted by atomic mass is 10.2. The van der Waals surface area contributed by atoms with Gasteiger partial charge >= 0.3 is 5.69 Å². The molecule has 0 aliphatic rings. The molecule has 0 radical (unpaired) electrons. The molecule has 0 saturated carbocycles. The minimum absolute atomic E-state index is 0.0511. The maximum absolute atomic E-state index is 11.0. The number of nitro benzene ring substituents is 1. The summed E-state index contributed by atoms with van der Waals surface area (Å²) in [6.07, 6.45) is 3.13. The highest BCUT2D eigenvalue weighted by molar-refractivity contribution is 5.48. The molecule has 7 nitrogen and oxygen atoms in total. The molecule has 7 heteroatoms. The molecule has 2 aromatic rings. The zero-order chi connectivity index (χ0) is 14.5. The zero-order valence-corrected chi connectivity index (χ0v) is 11.2.